The minimum atomic E-state index is 0.365. The molecule has 0 spiro atoms. The number of piperidine rings is 1. The fourth-order valence-corrected chi connectivity index (χ4v) is 5.55. The first kappa shape index (κ1) is 26.2. The molecule has 1 saturated heterocycles. The highest BCUT2D eigenvalue weighted by atomic mass is 35.5. The number of para-hydroxylation sites is 1. The van der Waals surface area contributed by atoms with Gasteiger partial charge in [-0.05, 0) is 74.3 Å². The Bertz CT molecular complexity index is 1390. The van der Waals surface area contributed by atoms with Crippen LogP contribution in [0, 0.1) is 0 Å². The van der Waals surface area contributed by atoms with Crippen molar-refractivity contribution in [3.05, 3.63) is 71.1 Å². The molecule has 8 heteroatoms. The Hall–Kier alpha value is -3.42. The predicted molar refractivity (Wildman–Crippen MR) is 150 cm³/mol. The van der Waals surface area contributed by atoms with Crippen LogP contribution in [-0.2, 0) is 6.42 Å². The second kappa shape index (κ2) is 11.5. The van der Waals surface area contributed by atoms with Gasteiger partial charge in [-0.15, -0.1) is 0 Å². The molecular formula is C30H34ClN3O4. The summed E-state index contributed by atoms with van der Waals surface area (Å²) in [4.78, 5) is 7.69. The van der Waals surface area contributed by atoms with Crippen molar-refractivity contribution < 1.29 is 18.9 Å². The number of pyridine rings is 1. The summed E-state index contributed by atoms with van der Waals surface area (Å²) in [7, 11) is 6.62. The first-order chi connectivity index (χ1) is 18.6. The lowest BCUT2D eigenvalue weighted by atomic mass is 9.95. The Morgan fingerprint density at radius 1 is 0.868 bits per heavy atom. The van der Waals surface area contributed by atoms with Crippen molar-refractivity contribution in [2.24, 2.45) is 0 Å². The lowest BCUT2D eigenvalue weighted by molar-refractivity contribution is 0.211. The Balaban J connectivity index is 1.32. The maximum absolute atomic E-state index is 6.40. The van der Waals surface area contributed by atoms with Gasteiger partial charge in [0.1, 0.15) is 17.3 Å². The lowest BCUT2D eigenvalue weighted by Crippen LogP contribution is -2.34. The number of hydrogen-bond acceptors (Lipinski definition) is 6. The molecule has 0 saturated carbocycles. The fraction of sp³-hybridized carbons (Fsp3) is 0.367. The first-order valence-corrected chi connectivity index (χ1v) is 13.3. The molecular weight excluding hydrogens is 502 g/mol. The van der Waals surface area contributed by atoms with Gasteiger partial charge in [-0.1, -0.05) is 23.7 Å². The van der Waals surface area contributed by atoms with Gasteiger partial charge < -0.3 is 28.2 Å². The normalized spacial score (nSPS) is 14.6. The van der Waals surface area contributed by atoms with Crippen LogP contribution in [-0.4, -0.2) is 62.4 Å². The maximum atomic E-state index is 6.40. The largest absolute Gasteiger partial charge is 0.496 e. The topological polar surface area (TPSA) is 57.5 Å². The van der Waals surface area contributed by atoms with Crippen LogP contribution in [0.4, 0.5) is 0 Å². The summed E-state index contributed by atoms with van der Waals surface area (Å²) in [5, 5.41) is 0.696. The quantitative estimate of drug-likeness (QED) is 0.258. The van der Waals surface area contributed by atoms with E-state index in [1.807, 2.05) is 48.7 Å². The van der Waals surface area contributed by atoms with Crippen molar-refractivity contribution in [1.29, 1.82) is 0 Å². The zero-order valence-electron chi connectivity index (χ0n) is 22.4. The fourth-order valence-electron chi connectivity index (χ4n) is 5.39. The molecule has 38 heavy (non-hydrogen) atoms. The molecule has 2 aromatic heterocycles. The van der Waals surface area contributed by atoms with Gasteiger partial charge in [-0.3, -0.25) is 0 Å². The number of methoxy groups -OCH3 is 4. The molecule has 1 fully saturated rings. The zero-order chi connectivity index (χ0) is 26.6. The molecule has 3 heterocycles. The number of rotatable bonds is 9. The van der Waals surface area contributed by atoms with E-state index in [1.165, 1.54) is 5.56 Å². The van der Waals surface area contributed by atoms with E-state index in [4.69, 9.17) is 35.5 Å². The van der Waals surface area contributed by atoms with Gasteiger partial charge in [-0.25, -0.2) is 4.98 Å². The van der Waals surface area contributed by atoms with Gasteiger partial charge in [-0.2, -0.15) is 0 Å². The number of ether oxygens (including phenoxy) is 4. The molecule has 0 atom stereocenters. The van der Waals surface area contributed by atoms with Crippen molar-refractivity contribution in [2.75, 3.05) is 48.1 Å². The second-order valence-electron chi connectivity index (χ2n) is 9.52. The summed E-state index contributed by atoms with van der Waals surface area (Å²) in [6.07, 6.45) is 5.03. The molecule has 2 aromatic carbocycles. The minimum Gasteiger partial charge on any atom is -0.496 e. The molecule has 200 valence electrons. The van der Waals surface area contributed by atoms with Crippen molar-refractivity contribution in [3.8, 4) is 34.3 Å². The van der Waals surface area contributed by atoms with Crippen molar-refractivity contribution in [1.82, 2.24) is 14.3 Å². The van der Waals surface area contributed by atoms with Crippen LogP contribution in [0.2, 0.25) is 5.02 Å². The van der Waals surface area contributed by atoms with Crippen LogP contribution < -0.4 is 18.9 Å². The number of halogens is 1. The monoisotopic (exact) mass is 535 g/mol. The molecule has 4 aromatic rings. The number of fused-ring (bicyclic) bond motifs is 1. The molecule has 1 aliphatic rings. The van der Waals surface area contributed by atoms with Gasteiger partial charge in [0.25, 0.3) is 0 Å². The van der Waals surface area contributed by atoms with Gasteiger partial charge >= 0.3 is 0 Å². The summed E-state index contributed by atoms with van der Waals surface area (Å²) in [5.41, 5.74) is 4.05. The maximum Gasteiger partial charge on any atom is 0.203 e. The van der Waals surface area contributed by atoms with Crippen LogP contribution >= 0.6 is 11.6 Å². The molecule has 0 amide bonds. The van der Waals surface area contributed by atoms with Crippen LogP contribution in [0.15, 0.2) is 54.7 Å². The summed E-state index contributed by atoms with van der Waals surface area (Å²) in [5.74, 6) is 4.27. The predicted octanol–water partition coefficient (Wildman–Crippen LogP) is 6.11. The average Bonchev–Trinajstić information content (AvgIpc) is 3.33. The van der Waals surface area contributed by atoms with Crippen molar-refractivity contribution in [2.45, 2.75) is 25.2 Å². The van der Waals surface area contributed by atoms with Gasteiger partial charge in [0, 0.05) is 29.2 Å². The number of nitrogens with zero attached hydrogens (tertiary/aromatic N) is 3. The molecule has 0 unspecified atom stereocenters. The van der Waals surface area contributed by atoms with Gasteiger partial charge in [0.15, 0.2) is 11.5 Å². The highest BCUT2D eigenvalue weighted by Crippen LogP contribution is 2.39. The third-order valence-electron chi connectivity index (χ3n) is 7.39. The number of likely N-dealkylation sites (tertiary alicyclic amines) is 1. The van der Waals surface area contributed by atoms with Crippen LogP contribution in [0.5, 0.6) is 23.0 Å². The van der Waals surface area contributed by atoms with Crippen LogP contribution in [0.1, 0.15) is 30.1 Å². The summed E-state index contributed by atoms with van der Waals surface area (Å²) in [6.45, 7) is 3.00. The minimum absolute atomic E-state index is 0.365. The van der Waals surface area contributed by atoms with E-state index in [2.05, 4.69) is 15.4 Å². The smallest absolute Gasteiger partial charge is 0.203 e. The van der Waals surface area contributed by atoms with E-state index in [1.54, 1.807) is 28.4 Å². The van der Waals surface area contributed by atoms with Crippen molar-refractivity contribution in [3.63, 3.8) is 0 Å². The zero-order valence-corrected chi connectivity index (χ0v) is 23.1. The molecule has 1 aliphatic heterocycles. The second-order valence-corrected chi connectivity index (χ2v) is 9.96. The molecule has 7 nitrogen and oxygen atoms in total. The van der Waals surface area contributed by atoms with Gasteiger partial charge in [0.05, 0.1) is 34.0 Å². The Morgan fingerprint density at radius 3 is 2.21 bits per heavy atom. The average molecular weight is 536 g/mol. The highest BCUT2D eigenvalue weighted by Gasteiger charge is 2.26. The van der Waals surface area contributed by atoms with E-state index in [-0.39, 0.29) is 0 Å². The van der Waals surface area contributed by atoms with E-state index < -0.39 is 0 Å². The Morgan fingerprint density at radius 2 is 1.55 bits per heavy atom. The Labute approximate surface area is 228 Å². The third kappa shape index (κ3) is 5.13. The number of imidazole rings is 1. The SMILES string of the molecule is COc1ccccc1-c1nc(C2CCN(CCc3cc(OC)c(OC)c(OC)c3)CC2)n2ccc(Cl)cc12. The summed E-state index contributed by atoms with van der Waals surface area (Å²) in [6, 6.07) is 16.0. The first-order valence-electron chi connectivity index (χ1n) is 12.9. The number of benzene rings is 2. The molecule has 5 rings (SSSR count). The molecule has 0 radical (unpaired) electrons. The van der Waals surface area contributed by atoms with E-state index in [0.29, 0.717) is 28.2 Å². The third-order valence-corrected chi connectivity index (χ3v) is 7.62. The highest BCUT2D eigenvalue weighted by molar-refractivity contribution is 6.31. The molecule has 0 aliphatic carbocycles. The van der Waals surface area contributed by atoms with E-state index >= 15 is 0 Å². The van der Waals surface area contributed by atoms with Crippen molar-refractivity contribution >= 4 is 17.1 Å². The van der Waals surface area contributed by atoms with Crippen LogP contribution in [0.25, 0.3) is 16.8 Å². The van der Waals surface area contributed by atoms with Crippen LogP contribution in [0.3, 0.4) is 0 Å². The van der Waals surface area contributed by atoms with Gasteiger partial charge in [0.2, 0.25) is 5.75 Å². The summed E-state index contributed by atoms with van der Waals surface area (Å²) < 4.78 is 24.3. The summed E-state index contributed by atoms with van der Waals surface area (Å²) >= 11 is 6.40. The molecule has 0 bridgehead atoms. The number of aromatic nitrogens is 2. The standard InChI is InChI=1S/C30H34ClN3O4/c1-35-25-8-6-5-7-23(25)28-24-19-22(31)12-16-34(24)30(32-28)21-10-14-33(15-11-21)13-9-20-17-26(36-2)29(38-4)27(18-20)37-3/h5-8,12,16-19,21H,9-11,13-15H2,1-4H3. The number of hydrogen-bond donors (Lipinski definition) is 0. The van der Waals surface area contributed by atoms with E-state index in [9.17, 15) is 0 Å². The van der Waals surface area contributed by atoms with E-state index in [0.717, 1.165) is 67.2 Å². The Kier molecular flexibility index (Phi) is 7.95. The molecule has 0 N–H and O–H groups in total. The lowest BCUT2D eigenvalue weighted by Gasteiger charge is -2.31.